The number of nitrogens with two attached hydrogens (primary N) is 1. The Hall–Kier alpha value is -0.540. The highest BCUT2D eigenvalue weighted by molar-refractivity contribution is 5.13. The summed E-state index contributed by atoms with van der Waals surface area (Å²) in [6, 6.07) is 0. The van der Waals surface area contributed by atoms with Crippen molar-refractivity contribution >= 4 is 0 Å². The van der Waals surface area contributed by atoms with Gasteiger partial charge in [-0.15, -0.1) is 0 Å². The molecule has 0 aliphatic carbocycles. The summed E-state index contributed by atoms with van der Waals surface area (Å²) in [5.74, 6) is 0.536. The van der Waals surface area contributed by atoms with E-state index in [4.69, 9.17) is 10.5 Å². The zero-order chi connectivity index (χ0) is 8.48. The van der Waals surface area contributed by atoms with Gasteiger partial charge in [0, 0.05) is 0 Å². The average Bonchev–Trinajstić information content (AvgIpc) is 1.84. The summed E-state index contributed by atoms with van der Waals surface area (Å²) in [5.41, 5.74) is 10.5. The molecule has 0 amide bonds. The van der Waals surface area contributed by atoms with Gasteiger partial charge in [-0.2, -0.15) is 0 Å². The summed E-state index contributed by atoms with van der Waals surface area (Å²) in [6.07, 6.45) is 1.74. The zero-order valence-electron chi connectivity index (χ0n) is 7.26. The standard InChI is InChI=1S/C8H16N2O/c1-6(2)8(4-11-5-8)7(10)3-9/h3,6H,4-5,9-10H2,1-2H3/p+1/b7-3-. The third-order valence-corrected chi connectivity index (χ3v) is 2.62. The second kappa shape index (κ2) is 2.83. The Labute approximate surface area is 67.4 Å². The molecular weight excluding hydrogens is 140 g/mol. The molecule has 0 aromatic rings. The fraction of sp³-hybridized carbons (Fsp3) is 0.750. The van der Waals surface area contributed by atoms with Gasteiger partial charge in [-0.3, -0.25) is 0 Å². The third-order valence-electron chi connectivity index (χ3n) is 2.62. The molecule has 0 spiro atoms. The molecule has 1 heterocycles. The maximum Gasteiger partial charge on any atom is 0.111 e. The summed E-state index contributed by atoms with van der Waals surface area (Å²) >= 11 is 0. The zero-order valence-corrected chi connectivity index (χ0v) is 7.26. The molecule has 3 nitrogen and oxygen atoms in total. The first-order valence-electron chi connectivity index (χ1n) is 3.96. The van der Waals surface area contributed by atoms with Crippen LogP contribution in [0.25, 0.3) is 0 Å². The topological polar surface area (TPSA) is 62.9 Å². The lowest BCUT2D eigenvalue weighted by atomic mass is 9.73. The van der Waals surface area contributed by atoms with Crippen molar-refractivity contribution in [2.75, 3.05) is 13.2 Å². The maximum atomic E-state index is 5.83. The van der Waals surface area contributed by atoms with Crippen molar-refractivity contribution < 1.29 is 10.5 Å². The van der Waals surface area contributed by atoms with Crippen LogP contribution in [0.1, 0.15) is 13.8 Å². The second-order valence-corrected chi connectivity index (χ2v) is 3.46. The molecule has 0 unspecified atom stereocenters. The first-order valence-corrected chi connectivity index (χ1v) is 3.96. The molecule has 0 atom stereocenters. The highest BCUT2D eigenvalue weighted by atomic mass is 16.5. The highest BCUT2D eigenvalue weighted by Crippen LogP contribution is 2.39. The van der Waals surface area contributed by atoms with E-state index in [-0.39, 0.29) is 5.41 Å². The lowest BCUT2D eigenvalue weighted by Gasteiger charge is -2.44. The molecule has 0 aromatic carbocycles. The minimum Gasteiger partial charge on any atom is -0.397 e. The highest BCUT2D eigenvalue weighted by Gasteiger charge is 2.44. The predicted octanol–water partition coefficient (Wildman–Crippen LogP) is -0.299. The van der Waals surface area contributed by atoms with Crippen LogP contribution in [0.5, 0.6) is 0 Å². The number of hydrogen-bond acceptors (Lipinski definition) is 2. The lowest BCUT2D eigenvalue weighted by molar-refractivity contribution is -0.279. The molecule has 5 N–H and O–H groups in total. The van der Waals surface area contributed by atoms with Gasteiger partial charge in [0.05, 0.1) is 24.3 Å². The second-order valence-electron chi connectivity index (χ2n) is 3.46. The summed E-state index contributed by atoms with van der Waals surface area (Å²) in [4.78, 5) is 0. The Morgan fingerprint density at radius 3 is 2.27 bits per heavy atom. The van der Waals surface area contributed by atoms with Crippen LogP contribution in [0.4, 0.5) is 0 Å². The van der Waals surface area contributed by atoms with Crippen molar-refractivity contribution in [2.45, 2.75) is 13.8 Å². The Kier molecular flexibility index (Phi) is 2.20. The van der Waals surface area contributed by atoms with Gasteiger partial charge in [0.1, 0.15) is 6.20 Å². The smallest absolute Gasteiger partial charge is 0.111 e. The average molecular weight is 157 g/mol. The van der Waals surface area contributed by atoms with Gasteiger partial charge in [-0.1, -0.05) is 13.8 Å². The fourth-order valence-electron chi connectivity index (χ4n) is 1.36. The lowest BCUT2D eigenvalue weighted by Crippen LogP contribution is -2.53. The molecule has 0 saturated carbocycles. The molecule has 11 heavy (non-hydrogen) atoms. The van der Waals surface area contributed by atoms with Crippen molar-refractivity contribution in [1.29, 1.82) is 0 Å². The van der Waals surface area contributed by atoms with Crippen molar-refractivity contribution in [3.05, 3.63) is 11.9 Å². The number of quaternary nitrogens is 1. The molecule has 1 rings (SSSR count). The van der Waals surface area contributed by atoms with Crippen molar-refractivity contribution in [3.8, 4) is 0 Å². The molecule has 1 saturated heterocycles. The molecule has 1 aliphatic rings. The third kappa shape index (κ3) is 1.14. The minimum absolute atomic E-state index is 0.0851. The van der Waals surface area contributed by atoms with E-state index in [2.05, 4.69) is 19.6 Å². The Balaban J connectivity index is 2.76. The van der Waals surface area contributed by atoms with Crippen LogP contribution >= 0.6 is 0 Å². The number of hydrogen-bond donors (Lipinski definition) is 2. The van der Waals surface area contributed by atoms with Crippen molar-refractivity contribution in [3.63, 3.8) is 0 Å². The molecule has 3 heteroatoms. The molecule has 64 valence electrons. The molecular formula is C8H17N2O+. The number of ether oxygens (including phenoxy) is 1. The summed E-state index contributed by atoms with van der Waals surface area (Å²) in [6.45, 7) is 5.84. The minimum atomic E-state index is 0.0851. The van der Waals surface area contributed by atoms with Crippen LogP contribution in [-0.4, -0.2) is 13.2 Å². The van der Waals surface area contributed by atoms with Crippen LogP contribution in [0.15, 0.2) is 11.9 Å². The van der Waals surface area contributed by atoms with Gasteiger partial charge in [0.15, 0.2) is 0 Å². The van der Waals surface area contributed by atoms with Gasteiger partial charge in [-0.25, -0.2) is 0 Å². The first kappa shape index (κ1) is 8.56. The quantitative estimate of drug-likeness (QED) is 0.578. The van der Waals surface area contributed by atoms with E-state index in [0.29, 0.717) is 5.92 Å². The Bertz CT molecular complexity index is 171. The summed E-state index contributed by atoms with van der Waals surface area (Å²) in [5, 5.41) is 0. The summed E-state index contributed by atoms with van der Waals surface area (Å²) in [7, 11) is 0. The van der Waals surface area contributed by atoms with Gasteiger partial charge in [0.25, 0.3) is 0 Å². The summed E-state index contributed by atoms with van der Waals surface area (Å²) < 4.78 is 5.17. The molecule has 1 aliphatic heterocycles. The van der Waals surface area contributed by atoms with Crippen LogP contribution in [0.3, 0.4) is 0 Å². The Morgan fingerprint density at radius 1 is 1.64 bits per heavy atom. The molecule has 0 bridgehead atoms. The van der Waals surface area contributed by atoms with E-state index in [0.717, 1.165) is 18.9 Å². The van der Waals surface area contributed by atoms with Crippen LogP contribution in [0, 0.1) is 11.3 Å². The van der Waals surface area contributed by atoms with Gasteiger partial charge >= 0.3 is 0 Å². The van der Waals surface area contributed by atoms with Gasteiger partial charge in [-0.05, 0) is 5.92 Å². The van der Waals surface area contributed by atoms with E-state index in [1.54, 1.807) is 6.20 Å². The molecule has 0 radical (unpaired) electrons. The monoisotopic (exact) mass is 157 g/mol. The van der Waals surface area contributed by atoms with Crippen LogP contribution in [0.2, 0.25) is 0 Å². The van der Waals surface area contributed by atoms with E-state index in [1.165, 1.54) is 0 Å². The first-order chi connectivity index (χ1) is 5.13. The van der Waals surface area contributed by atoms with Crippen molar-refractivity contribution in [1.82, 2.24) is 0 Å². The van der Waals surface area contributed by atoms with Crippen molar-refractivity contribution in [2.24, 2.45) is 17.1 Å². The van der Waals surface area contributed by atoms with E-state index >= 15 is 0 Å². The molecule has 1 fully saturated rings. The SMILES string of the molecule is CC(C)C1(/C(N)=C/[NH3+])COC1. The largest absolute Gasteiger partial charge is 0.397 e. The normalized spacial score (nSPS) is 23.5. The fourth-order valence-corrected chi connectivity index (χ4v) is 1.36. The molecule has 0 aromatic heterocycles. The van der Waals surface area contributed by atoms with E-state index < -0.39 is 0 Å². The van der Waals surface area contributed by atoms with Gasteiger partial charge < -0.3 is 16.2 Å². The van der Waals surface area contributed by atoms with E-state index in [1.807, 2.05) is 0 Å². The van der Waals surface area contributed by atoms with E-state index in [9.17, 15) is 0 Å². The van der Waals surface area contributed by atoms with Crippen LogP contribution in [-0.2, 0) is 4.74 Å². The van der Waals surface area contributed by atoms with Gasteiger partial charge in [0.2, 0.25) is 0 Å². The Morgan fingerprint density at radius 2 is 2.18 bits per heavy atom. The maximum absolute atomic E-state index is 5.83. The predicted molar refractivity (Wildman–Crippen MR) is 43.2 cm³/mol. The number of rotatable bonds is 2. The van der Waals surface area contributed by atoms with Crippen LogP contribution < -0.4 is 11.5 Å².